The Morgan fingerprint density at radius 3 is 2.86 bits per heavy atom. The van der Waals surface area contributed by atoms with Gasteiger partial charge in [-0.2, -0.15) is 0 Å². The zero-order chi connectivity index (χ0) is 15.4. The van der Waals surface area contributed by atoms with Crippen molar-refractivity contribution < 1.29 is 9.84 Å². The van der Waals surface area contributed by atoms with E-state index in [0.29, 0.717) is 0 Å². The molecule has 0 radical (unpaired) electrons. The van der Waals surface area contributed by atoms with Crippen molar-refractivity contribution in [3.63, 3.8) is 0 Å². The number of ether oxygens (including phenoxy) is 1. The molecule has 2 atom stereocenters. The van der Waals surface area contributed by atoms with Crippen LogP contribution in [0.2, 0.25) is 0 Å². The summed E-state index contributed by atoms with van der Waals surface area (Å²) in [5, 5.41) is 10.1. The van der Waals surface area contributed by atoms with Gasteiger partial charge in [-0.15, -0.1) is 0 Å². The maximum atomic E-state index is 10.1. The minimum absolute atomic E-state index is 0.256. The quantitative estimate of drug-likeness (QED) is 0.921. The SMILES string of the molecule is COc1cccc([C@H]2C[C@H](O)CN2CCc2ccncc2)c1. The zero-order valence-corrected chi connectivity index (χ0v) is 12.9. The van der Waals surface area contributed by atoms with Gasteiger partial charge in [0.05, 0.1) is 13.2 Å². The number of nitrogens with zero attached hydrogens (tertiary/aromatic N) is 2. The minimum Gasteiger partial charge on any atom is -0.497 e. The highest BCUT2D eigenvalue weighted by atomic mass is 16.5. The molecule has 1 aliphatic rings. The summed E-state index contributed by atoms with van der Waals surface area (Å²) in [7, 11) is 1.68. The first-order chi connectivity index (χ1) is 10.8. The molecule has 1 N–H and O–H groups in total. The molecule has 2 heterocycles. The predicted molar refractivity (Wildman–Crippen MR) is 85.9 cm³/mol. The molecule has 4 nitrogen and oxygen atoms in total. The Morgan fingerprint density at radius 2 is 2.09 bits per heavy atom. The number of methoxy groups -OCH3 is 1. The molecule has 0 unspecified atom stereocenters. The van der Waals surface area contributed by atoms with E-state index in [1.807, 2.05) is 36.7 Å². The number of benzene rings is 1. The third-order valence-corrected chi connectivity index (χ3v) is 4.30. The van der Waals surface area contributed by atoms with E-state index in [2.05, 4.69) is 22.0 Å². The van der Waals surface area contributed by atoms with Crippen LogP contribution in [0, 0.1) is 0 Å². The molecule has 4 heteroatoms. The fourth-order valence-corrected chi connectivity index (χ4v) is 3.14. The molecule has 0 saturated carbocycles. The Labute approximate surface area is 131 Å². The lowest BCUT2D eigenvalue weighted by atomic mass is 10.0. The van der Waals surface area contributed by atoms with E-state index in [1.54, 1.807) is 7.11 Å². The van der Waals surface area contributed by atoms with Gasteiger partial charge < -0.3 is 9.84 Å². The fourth-order valence-electron chi connectivity index (χ4n) is 3.14. The predicted octanol–water partition coefficient (Wildman–Crippen LogP) is 2.44. The monoisotopic (exact) mass is 298 g/mol. The Bertz CT molecular complexity index is 603. The summed E-state index contributed by atoms with van der Waals surface area (Å²) in [5.41, 5.74) is 2.49. The van der Waals surface area contributed by atoms with Crippen molar-refractivity contribution in [2.45, 2.75) is 25.0 Å². The highest BCUT2D eigenvalue weighted by Gasteiger charge is 2.31. The smallest absolute Gasteiger partial charge is 0.119 e. The summed E-state index contributed by atoms with van der Waals surface area (Å²) in [6.45, 7) is 1.66. The van der Waals surface area contributed by atoms with Crippen LogP contribution in [-0.4, -0.2) is 41.3 Å². The standard InChI is InChI=1S/C18H22N2O2/c1-22-17-4-2-3-15(11-17)18-12-16(21)13-20(18)10-7-14-5-8-19-9-6-14/h2-6,8-9,11,16,18,21H,7,10,12-13H2,1H3/t16-,18+/m0/s1. The normalized spacial score (nSPS) is 21.9. The third-order valence-electron chi connectivity index (χ3n) is 4.30. The average Bonchev–Trinajstić information content (AvgIpc) is 2.95. The molecule has 1 aromatic carbocycles. The van der Waals surface area contributed by atoms with E-state index < -0.39 is 0 Å². The molecular weight excluding hydrogens is 276 g/mol. The number of β-amino-alcohol motifs (C(OH)–C–C–N with tert-alkyl or cyclic N) is 1. The number of aromatic nitrogens is 1. The minimum atomic E-state index is -0.256. The molecule has 0 spiro atoms. The number of likely N-dealkylation sites (tertiary alicyclic amines) is 1. The summed E-state index contributed by atoms with van der Waals surface area (Å²) >= 11 is 0. The number of aliphatic hydroxyl groups is 1. The highest BCUT2D eigenvalue weighted by molar-refractivity contribution is 5.31. The maximum Gasteiger partial charge on any atom is 0.119 e. The van der Waals surface area contributed by atoms with Gasteiger partial charge in [0.25, 0.3) is 0 Å². The van der Waals surface area contributed by atoms with Crippen LogP contribution in [0.4, 0.5) is 0 Å². The summed E-state index contributed by atoms with van der Waals surface area (Å²) in [5.74, 6) is 0.868. The van der Waals surface area contributed by atoms with Crippen molar-refractivity contribution in [3.05, 3.63) is 59.9 Å². The van der Waals surface area contributed by atoms with Crippen molar-refractivity contribution >= 4 is 0 Å². The van der Waals surface area contributed by atoms with Gasteiger partial charge >= 0.3 is 0 Å². The van der Waals surface area contributed by atoms with Crippen LogP contribution in [0.15, 0.2) is 48.8 Å². The van der Waals surface area contributed by atoms with Gasteiger partial charge in [-0.3, -0.25) is 9.88 Å². The van der Waals surface area contributed by atoms with E-state index in [9.17, 15) is 5.11 Å². The first kappa shape index (κ1) is 15.0. The number of pyridine rings is 1. The van der Waals surface area contributed by atoms with Crippen LogP contribution in [-0.2, 0) is 6.42 Å². The van der Waals surface area contributed by atoms with Gasteiger partial charge in [0.1, 0.15) is 5.75 Å². The zero-order valence-electron chi connectivity index (χ0n) is 12.9. The topological polar surface area (TPSA) is 45.6 Å². The molecule has 1 fully saturated rings. The first-order valence-electron chi connectivity index (χ1n) is 7.71. The molecule has 0 amide bonds. The highest BCUT2D eigenvalue weighted by Crippen LogP contribution is 2.33. The van der Waals surface area contributed by atoms with Gasteiger partial charge in [-0.1, -0.05) is 12.1 Å². The van der Waals surface area contributed by atoms with E-state index in [4.69, 9.17) is 4.74 Å². The molecule has 2 aromatic rings. The van der Waals surface area contributed by atoms with Crippen molar-refractivity contribution in [2.24, 2.45) is 0 Å². The van der Waals surface area contributed by atoms with Crippen molar-refractivity contribution in [1.82, 2.24) is 9.88 Å². The Hall–Kier alpha value is -1.91. The summed E-state index contributed by atoms with van der Waals surface area (Å²) < 4.78 is 5.32. The van der Waals surface area contributed by atoms with Crippen LogP contribution in [0.3, 0.4) is 0 Å². The third kappa shape index (κ3) is 3.46. The van der Waals surface area contributed by atoms with Gasteiger partial charge in [-0.25, -0.2) is 0 Å². The van der Waals surface area contributed by atoms with E-state index in [-0.39, 0.29) is 12.1 Å². The Morgan fingerprint density at radius 1 is 1.27 bits per heavy atom. The van der Waals surface area contributed by atoms with Gasteiger partial charge in [0.15, 0.2) is 0 Å². The van der Waals surface area contributed by atoms with Crippen LogP contribution in [0.25, 0.3) is 0 Å². The lowest BCUT2D eigenvalue weighted by Crippen LogP contribution is -2.27. The second-order valence-electron chi connectivity index (χ2n) is 5.78. The Balaban J connectivity index is 1.71. The second-order valence-corrected chi connectivity index (χ2v) is 5.78. The molecular formula is C18H22N2O2. The largest absolute Gasteiger partial charge is 0.497 e. The lowest BCUT2D eigenvalue weighted by molar-refractivity contribution is 0.175. The second kappa shape index (κ2) is 6.90. The molecule has 116 valence electrons. The molecule has 1 aliphatic heterocycles. The van der Waals surface area contributed by atoms with Crippen LogP contribution >= 0.6 is 0 Å². The first-order valence-corrected chi connectivity index (χ1v) is 7.71. The summed E-state index contributed by atoms with van der Waals surface area (Å²) in [6.07, 6.45) is 5.15. The molecule has 0 aliphatic carbocycles. The summed E-state index contributed by atoms with van der Waals surface area (Å²) in [6, 6.07) is 12.5. The van der Waals surface area contributed by atoms with Gasteiger partial charge in [0, 0.05) is 31.5 Å². The van der Waals surface area contributed by atoms with Crippen molar-refractivity contribution in [1.29, 1.82) is 0 Å². The molecule has 1 saturated heterocycles. The lowest BCUT2D eigenvalue weighted by Gasteiger charge is -2.24. The van der Waals surface area contributed by atoms with Crippen molar-refractivity contribution in [2.75, 3.05) is 20.2 Å². The maximum absolute atomic E-state index is 10.1. The fraction of sp³-hybridized carbons (Fsp3) is 0.389. The van der Waals surface area contributed by atoms with Crippen LogP contribution < -0.4 is 4.74 Å². The molecule has 1 aromatic heterocycles. The van der Waals surface area contributed by atoms with Gasteiger partial charge in [-0.05, 0) is 48.2 Å². The van der Waals surface area contributed by atoms with Crippen LogP contribution in [0.1, 0.15) is 23.6 Å². The molecule has 0 bridgehead atoms. The number of rotatable bonds is 5. The van der Waals surface area contributed by atoms with Crippen molar-refractivity contribution in [3.8, 4) is 5.75 Å². The van der Waals surface area contributed by atoms with E-state index >= 15 is 0 Å². The number of hydrogen-bond acceptors (Lipinski definition) is 4. The van der Waals surface area contributed by atoms with E-state index in [0.717, 1.165) is 31.7 Å². The number of aliphatic hydroxyl groups excluding tert-OH is 1. The van der Waals surface area contributed by atoms with Crippen LogP contribution in [0.5, 0.6) is 5.75 Å². The van der Waals surface area contributed by atoms with E-state index in [1.165, 1.54) is 11.1 Å². The Kier molecular flexibility index (Phi) is 4.71. The summed E-state index contributed by atoms with van der Waals surface area (Å²) in [4.78, 5) is 6.41. The van der Waals surface area contributed by atoms with Gasteiger partial charge in [0.2, 0.25) is 0 Å². The molecule has 22 heavy (non-hydrogen) atoms. The number of hydrogen-bond donors (Lipinski definition) is 1. The molecule has 3 rings (SSSR count). The average molecular weight is 298 g/mol.